The Morgan fingerprint density at radius 3 is 2.34 bits per heavy atom. The number of hydrogen-bond donors (Lipinski definition) is 3. The average Bonchev–Trinajstić information content (AvgIpc) is 2.70. The minimum Gasteiger partial charge on any atom is -0.355 e. The van der Waals surface area contributed by atoms with E-state index in [4.69, 9.17) is 0 Å². The van der Waals surface area contributed by atoms with Crippen LogP contribution in [0.2, 0.25) is 0 Å². The molecule has 0 atom stereocenters. The van der Waals surface area contributed by atoms with Crippen molar-refractivity contribution in [3.63, 3.8) is 0 Å². The molecule has 1 amide bonds. The maximum atomic E-state index is 13.4. The van der Waals surface area contributed by atoms with E-state index in [1.165, 1.54) is 18.2 Å². The van der Waals surface area contributed by atoms with Gasteiger partial charge >= 0.3 is 0 Å². The van der Waals surface area contributed by atoms with Gasteiger partial charge in [0.05, 0.1) is 6.42 Å². The Hall–Kier alpha value is -2.61. The summed E-state index contributed by atoms with van der Waals surface area (Å²) in [5.74, 6) is 0.641. The predicted molar refractivity (Wildman–Crippen MR) is 115 cm³/mol. The lowest BCUT2D eigenvalue weighted by molar-refractivity contribution is -0.120. The van der Waals surface area contributed by atoms with Gasteiger partial charge in [-0.25, -0.2) is 8.78 Å². The molecule has 0 aromatic heterocycles. The number of hydrogen-bond acceptors (Lipinski definition) is 3. The molecule has 0 radical (unpaired) electrons. The van der Waals surface area contributed by atoms with Gasteiger partial charge in [0.15, 0.2) is 5.96 Å². The van der Waals surface area contributed by atoms with E-state index in [9.17, 15) is 13.6 Å². The van der Waals surface area contributed by atoms with Crippen molar-refractivity contribution in [2.24, 2.45) is 4.99 Å². The number of nitrogens with zero attached hydrogens (tertiary/aromatic N) is 1. The van der Waals surface area contributed by atoms with E-state index in [2.05, 4.69) is 20.9 Å². The summed E-state index contributed by atoms with van der Waals surface area (Å²) in [5, 5.41) is 9.13. The highest BCUT2D eigenvalue weighted by Gasteiger charge is 2.06. The van der Waals surface area contributed by atoms with Crippen LogP contribution in [0.1, 0.15) is 16.7 Å². The topological polar surface area (TPSA) is 65.5 Å². The van der Waals surface area contributed by atoms with Crippen molar-refractivity contribution in [3.8, 4) is 0 Å². The lowest BCUT2D eigenvalue weighted by Crippen LogP contribution is -2.41. The lowest BCUT2D eigenvalue weighted by atomic mass is 10.1. The van der Waals surface area contributed by atoms with Gasteiger partial charge in [0, 0.05) is 32.4 Å². The first kappa shape index (κ1) is 22.7. The zero-order valence-corrected chi connectivity index (χ0v) is 17.4. The molecule has 5 nitrogen and oxygen atoms in total. The van der Waals surface area contributed by atoms with Crippen LogP contribution in [-0.2, 0) is 23.5 Å². The molecule has 156 valence electrons. The van der Waals surface area contributed by atoms with Crippen LogP contribution in [0.25, 0.3) is 0 Å². The van der Waals surface area contributed by atoms with Crippen LogP contribution < -0.4 is 16.0 Å². The van der Waals surface area contributed by atoms with Crippen LogP contribution in [0, 0.1) is 11.6 Å². The molecule has 3 N–H and O–H groups in total. The second-order valence-electron chi connectivity index (χ2n) is 6.35. The van der Waals surface area contributed by atoms with Crippen molar-refractivity contribution in [2.75, 3.05) is 26.4 Å². The minimum atomic E-state index is -0.321. The average molecular weight is 421 g/mol. The normalized spacial score (nSPS) is 11.2. The van der Waals surface area contributed by atoms with Gasteiger partial charge in [-0.15, -0.1) is 0 Å². The number of amides is 1. The summed E-state index contributed by atoms with van der Waals surface area (Å²) in [6.45, 7) is 1.44. The molecule has 0 fully saturated rings. The van der Waals surface area contributed by atoms with E-state index in [1.54, 1.807) is 43.1 Å². The molecule has 0 saturated heterocycles. The maximum Gasteiger partial charge on any atom is 0.224 e. The molecule has 8 heteroatoms. The predicted octanol–water partition coefficient (Wildman–Crippen LogP) is 2.85. The third-order valence-electron chi connectivity index (χ3n) is 4.16. The second-order valence-corrected chi connectivity index (χ2v) is 7.22. The smallest absolute Gasteiger partial charge is 0.224 e. The summed E-state index contributed by atoms with van der Waals surface area (Å²) in [6.07, 6.45) is 2.18. The van der Waals surface area contributed by atoms with Gasteiger partial charge in [-0.05, 0) is 47.2 Å². The van der Waals surface area contributed by atoms with Crippen molar-refractivity contribution in [2.45, 2.75) is 18.7 Å². The standard InChI is InChI=1S/C21H26F2N4OS/c1-24-21(27-13-16-5-8-19(23)12-17(16)14-29-2)26-10-9-25-20(28)11-15-3-6-18(22)7-4-15/h3-8,12H,9-11,13-14H2,1-2H3,(H,25,28)(H2,24,26,27). The third-order valence-corrected chi connectivity index (χ3v) is 4.76. The molecular weight excluding hydrogens is 394 g/mol. The van der Waals surface area contributed by atoms with Crippen molar-refractivity contribution >= 4 is 23.6 Å². The van der Waals surface area contributed by atoms with Crippen LogP contribution in [0.4, 0.5) is 8.78 Å². The minimum absolute atomic E-state index is 0.130. The summed E-state index contributed by atoms with van der Waals surface area (Å²) in [7, 11) is 1.66. The highest BCUT2D eigenvalue weighted by Crippen LogP contribution is 2.16. The monoisotopic (exact) mass is 420 g/mol. The number of guanidine groups is 1. The molecule has 29 heavy (non-hydrogen) atoms. The van der Waals surface area contributed by atoms with E-state index in [-0.39, 0.29) is 24.0 Å². The van der Waals surface area contributed by atoms with Gasteiger partial charge in [-0.3, -0.25) is 9.79 Å². The Bertz CT molecular complexity index is 828. The number of nitrogens with one attached hydrogen (secondary N) is 3. The van der Waals surface area contributed by atoms with Crippen molar-refractivity contribution in [1.82, 2.24) is 16.0 Å². The lowest BCUT2D eigenvalue weighted by Gasteiger charge is -2.14. The van der Waals surface area contributed by atoms with Crippen molar-refractivity contribution in [3.05, 3.63) is 70.8 Å². The molecule has 2 rings (SSSR count). The van der Waals surface area contributed by atoms with Crippen LogP contribution in [0.5, 0.6) is 0 Å². The highest BCUT2D eigenvalue weighted by molar-refractivity contribution is 7.97. The number of thioether (sulfide) groups is 1. The summed E-state index contributed by atoms with van der Waals surface area (Å²) < 4.78 is 26.3. The molecule has 0 saturated carbocycles. The molecule has 0 spiro atoms. The Labute approximate surface area is 174 Å². The summed E-state index contributed by atoms with van der Waals surface area (Å²) in [6, 6.07) is 10.7. The van der Waals surface area contributed by atoms with Crippen LogP contribution >= 0.6 is 11.8 Å². The fourth-order valence-corrected chi connectivity index (χ4v) is 3.27. The fourth-order valence-electron chi connectivity index (χ4n) is 2.69. The number of rotatable bonds is 9. The van der Waals surface area contributed by atoms with Gasteiger partial charge < -0.3 is 16.0 Å². The first-order valence-electron chi connectivity index (χ1n) is 9.23. The summed E-state index contributed by atoms with van der Waals surface area (Å²) in [5.41, 5.74) is 2.72. The zero-order valence-electron chi connectivity index (χ0n) is 16.6. The van der Waals surface area contributed by atoms with E-state index in [0.29, 0.717) is 25.6 Å². The zero-order chi connectivity index (χ0) is 21.1. The van der Waals surface area contributed by atoms with Crippen molar-refractivity contribution < 1.29 is 13.6 Å². The second kappa shape index (κ2) is 12.1. The van der Waals surface area contributed by atoms with Crippen LogP contribution in [-0.4, -0.2) is 38.3 Å². The molecule has 0 heterocycles. The Morgan fingerprint density at radius 2 is 1.66 bits per heavy atom. The van der Waals surface area contributed by atoms with Gasteiger partial charge in [-0.1, -0.05) is 18.2 Å². The van der Waals surface area contributed by atoms with Gasteiger partial charge in [0.1, 0.15) is 11.6 Å². The van der Waals surface area contributed by atoms with Gasteiger partial charge in [-0.2, -0.15) is 11.8 Å². The first-order valence-corrected chi connectivity index (χ1v) is 10.6. The van der Waals surface area contributed by atoms with E-state index in [1.807, 2.05) is 6.26 Å². The molecule has 0 unspecified atom stereocenters. The Morgan fingerprint density at radius 1 is 0.966 bits per heavy atom. The molecule has 0 aliphatic carbocycles. The summed E-state index contributed by atoms with van der Waals surface area (Å²) in [4.78, 5) is 16.1. The molecule has 0 aliphatic heterocycles. The highest BCUT2D eigenvalue weighted by atomic mass is 32.2. The quantitative estimate of drug-likeness (QED) is 0.332. The SMILES string of the molecule is CN=C(NCCNC(=O)Cc1ccc(F)cc1)NCc1ccc(F)cc1CSC. The van der Waals surface area contributed by atoms with Crippen LogP contribution in [0.15, 0.2) is 47.5 Å². The molecule has 2 aromatic carbocycles. The van der Waals surface area contributed by atoms with Gasteiger partial charge in [0.2, 0.25) is 5.91 Å². The Kier molecular flexibility index (Phi) is 9.43. The van der Waals surface area contributed by atoms with E-state index in [0.717, 1.165) is 22.4 Å². The number of carbonyl (C=O) groups is 1. The first-order chi connectivity index (χ1) is 14.0. The maximum absolute atomic E-state index is 13.4. The number of aliphatic imine (C=N–C) groups is 1. The number of halogens is 2. The number of benzene rings is 2. The summed E-state index contributed by atoms with van der Waals surface area (Å²) >= 11 is 1.64. The molecule has 0 bridgehead atoms. The van der Waals surface area contributed by atoms with E-state index < -0.39 is 0 Å². The van der Waals surface area contributed by atoms with E-state index >= 15 is 0 Å². The van der Waals surface area contributed by atoms with Crippen molar-refractivity contribution in [1.29, 1.82) is 0 Å². The molecular formula is C21H26F2N4OS. The number of carbonyl (C=O) groups excluding carboxylic acids is 1. The Balaban J connectivity index is 1.72. The largest absolute Gasteiger partial charge is 0.355 e. The fraction of sp³-hybridized carbons (Fsp3) is 0.333. The van der Waals surface area contributed by atoms with Crippen LogP contribution in [0.3, 0.4) is 0 Å². The molecule has 2 aromatic rings. The van der Waals surface area contributed by atoms with Gasteiger partial charge in [0.25, 0.3) is 0 Å². The molecule has 0 aliphatic rings. The third kappa shape index (κ3) is 8.11.